The molecule has 324 valence electrons. The van der Waals surface area contributed by atoms with Crippen LogP contribution in [0.15, 0.2) is 194 Å². The summed E-state index contributed by atoms with van der Waals surface area (Å²) < 4.78 is 0. The standard InChI is InChI=1S/C66H50N2/c1-2-16-49-40-65(39-48(49)15-1)58-34-43(25-29-54(58)56-31-27-52(37-60(56)65)67-33-11-19-45-12-5-8-20-62(45)67)23-24-44-26-30-55-57-32-28-53(68-63-21-9-6-13-46(63)36-47-14-7-10-22-64(47)68)38-61(57)66(59(55)35-44)41-50-17-3-4-18-51(50)42-66/h1-10,12-18,20-32,34-35,37-38H,11,19,33,36,39-42H2/b24-23+. The zero-order chi connectivity index (χ0) is 44.6. The van der Waals surface area contributed by atoms with Gasteiger partial charge in [0.05, 0.1) is 0 Å². The fourth-order valence-corrected chi connectivity index (χ4v) is 13.9. The highest BCUT2D eigenvalue weighted by atomic mass is 15.2. The summed E-state index contributed by atoms with van der Waals surface area (Å²) in [6.45, 7) is 1.05. The van der Waals surface area contributed by atoms with Gasteiger partial charge in [-0.1, -0.05) is 164 Å². The minimum atomic E-state index is -0.138. The molecule has 0 saturated carbocycles. The number of rotatable bonds is 4. The van der Waals surface area contributed by atoms with Crippen LogP contribution >= 0.6 is 0 Å². The fourth-order valence-electron chi connectivity index (χ4n) is 13.9. The molecule has 0 fully saturated rings. The Morgan fingerprint density at radius 1 is 0.353 bits per heavy atom. The van der Waals surface area contributed by atoms with E-state index in [1.807, 2.05) is 0 Å². The Balaban J connectivity index is 0.809. The summed E-state index contributed by atoms with van der Waals surface area (Å²) in [5, 5.41) is 0. The third-order valence-electron chi connectivity index (χ3n) is 16.9. The number of anilines is 5. The predicted molar refractivity (Wildman–Crippen MR) is 281 cm³/mol. The molecule has 15 rings (SSSR count). The summed E-state index contributed by atoms with van der Waals surface area (Å²) in [5.74, 6) is 0. The van der Waals surface area contributed by atoms with Crippen LogP contribution in [0.3, 0.4) is 0 Å². The van der Waals surface area contributed by atoms with Crippen LogP contribution in [-0.4, -0.2) is 6.54 Å². The summed E-state index contributed by atoms with van der Waals surface area (Å²) >= 11 is 0. The molecule has 0 bridgehead atoms. The van der Waals surface area contributed by atoms with E-state index in [2.05, 4.69) is 216 Å². The van der Waals surface area contributed by atoms with Crippen molar-refractivity contribution in [3.63, 3.8) is 0 Å². The summed E-state index contributed by atoms with van der Waals surface area (Å²) in [5.41, 5.74) is 30.3. The molecule has 68 heavy (non-hydrogen) atoms. The minimum absolute atomic E-state index is 0.0933. The van der Waals surface area contributed by atoms with Gasteiger partial charge in [0.1, 0.15) is 0 Å². The molecule has 9 aromatic rings. The largest absolute Gasteiger partial charge is 0.341 e. The molecule has 0 N–H and O–H groups in total. The van der Waals surface area contributed by atoms with E-state index in [9.17, 15) is 0 Å². The van der Waals surface area contributed by atoms with E-state index in [0.717, 1.165) is 45.1 Å². The maximum atomic E-state index is 2.57. The Bertz CT molecular complexity index is 3530. The maximum Gasteiger partial charge on any atom is 0.0497 e. The molecule has 2 heterocycles. The molecular weight excluding hydrogens is 821 g/mol. The molecule has 2 heteroatoms. The van der Waals surface area contributed by atoms with Crippen molar-refractivity contribution in [1.29, 1.82) is 0 Å². The van der Waals surface area contributed by atoms with Crippen molar-refractivity contribution in [3.05, 3.63) is 266 Å². The fraction of sp³-hybridized carbons (Fsp3) is 0.152. The first-order valence-corrected chi connectivity index (χ1v) is 24.8. The molecule has 2 aliphatic heterocycles. The number of para-hydroxylation sites is 3. The van der Waals surface area contributed by atoms with Gasteiger partial charge in [-0.25, -0.2) is 0 Å². The number of benzene rings is 9. The summed E-state index contributed by atoms with van der Waals surface area (Å²) in [6.07, 6.45) is 12.1. The molecule has 2 spiro atoms. The van der Waals surface area contributed by atoms with Crippen LogP contribution < -0.4 is 9.80 Å². The van der Waals surface area contributed by atoms with Crippen molar-refractivity contribution in [3.8, 4) is 22.3 Å². The summed E-state index contributed by atoms with van der Waals surface area (Å²) in [6, 6.07) is 74.6. The van der Waals surface area contributed by atoms with Gasteiger partial charge in [-0.05, 0) is 176 Å². The molecular formula is C66H50N2. The van der Waals surface area contributed by atoms with Crippen LogP contribution in [0.25, 0.3) is 34.4 Å². The average Bonchev–Trinajstić information content (AvgIpc) is 4.13. The molecule has 0 atom stereocenters. The quantitative estimate of drug-likeness (QED) is 0.163. The molecule has 6 aliphatic rings. The zero-order valence-electron chi connectivity index (χ0n) is 38.2. The van der Waals surface area contributed by atoms with Gasteiger partial charge in [0, 0.05) is 52.2 Å². The zero-order valence-corrected chi connectivity index (χ0v) is 38.2. The molecule has 0 radical (unpaired) electrons. The Morgan fingerprint density at radius 3 is 1.26 bits per heavy atom. The van der Waals surface area contributed by atoms with Gasteiger partial charge >= 0.3 is 0 Å². The van der Waals surface area contributed by atoms with Crippen molar-refractivity contribution < 1.29 is 0 Å². The van der Waals surface area contributed by atoms with Crippen LogP contribution in [0.2, 0.25) is 0 Å². The number of hydrogen-bond donors (Lipinski definition) is 0. The SMILES string of the molecule is C(=C\c1ccc2c(c1)C1(Cc3ccccc3C1)c1cc(N3c4ccccc4Cc4ccccc43)ccc1-2)/c1ccc2c(c1)C1(Cc3ccccc3C1)c1cc(N3CCCc4ccccc43)ccc1-2. The lowest BCUT2D eigenvalue weighted by Gasteiger charge is -2.34. The lowest BCUT2D eigenvalue weighted by molar-refractivity contribution is 0.563. The van der Waals surface area contributed by atoms with Gasteiger partial charge in [-0.2, -0.15) is 0 Å². The lowest BCUT2D eigenvalue weighted by atomic mass is 9.75. The molecule has 0 saturated heterocycles. The van der Waals surface area contributed by atoms with E-state index in [1.54, 1.807) is 0 Å². The van der Waals surface area contributed by atoms with Crippen LogP contribution in [-0.2, 0) is 49.4 Å². The summed E-state index contributed by atoms with van der Waals surface area (Å²) in [4.78, 5) is 5.08. The number of aryl methyl sites for hydroxylation is 1. The first kappa shape index (κ1) is 38.4. The highest BCUT2D eigenvalue weighted by Gasteiger charge is 2.49. The van der Waals surface area contributed by atoms with Crippen molar-refractivity contribution in [1.82, 2.24) is 0 Å². The number of fused-ring (bicyclic) bond motifs is 15. The predicted octanol–water partition coefficient (Wildman–Crippen LogP) is 15.4. The van der Waals surface area contributed by atoms with Gasteiger partial charge in [0.25, 0.3) is 0 Å². The highest BCUT2D eigenvalue weighted by molar-refractivity contribution is 5.91. The Hall–Kier alpha value is -7.68. The van der Waals surface area contributed by atoms with Crippen LogP contribution in [0.5, 0.6) is 0 Å². The number of hydrogen-bond acceptors (Lipinski definition) is 2. The van der Waals surface area contributed by atoms with Gasteiger partial charge in [0.2, 0.25) is 0 Å². The van der Waals surface area contributed by atoms with Crippen molar-refractivity contribution in [2.24, 2.45) is 0 Å². The van der Waals surface area contributed by atoms with Crippen LogP contribution in [0, 0.1) is 0 Å². The topological polar surface area (TPSA) is 6.48 Å². The second-order valence-electron chi connectivity index (χ2n) is 20.5. The monoisotopic (exact) mass is 870 g/mol. The molecule has 0 unspecified atom stereocenters. The van der Waals surface area contributed by atoms with E-state index in [0.29, 0.717) is 0 Å². The van der Waals surface area contributed by atoms with Crippen molar-refractivity contribution >= 4 is 40.6 Å². The number of nitrogens with zero attached hydrogens (tertiary/aromatic N) is 2. The van der Waals surface area contributed by atoms with Gasteiger partial charge in [0.15, 0.2) is 0 Å². The van der Waals surface area contributed by atoms with Gasteiger partial charge in [-0.15, -0.1) is 0 Å². The van der Waals surface area contributed by atoms with Crippen molar-refractivity contribution in [2.75, 3.05) is 16.3 Å². The second-order valence-corrected chi connectivity index (χ2v) is 20.5. The maximum absolute atomic E-state index is 2.57. The Kier molecular flexibility index (Phi) is 8.14. The first-order chi connectivity index (χ1) is 33.6. The molecule has 0 amide bonds. The second kappa shape index (κ2) is 14.4. The smallest absolute Gasteiger partial charge is 0.0497 e. The molecule has 2 nitrogen and oxygen atoms in total. The molecule has 9 aromatic carbocycles. The highest BCUT2D eigenvalue weighted by Crippen LogP contribution is 2.59. The van der Waals surface area contributed by atoms with E-state index in [4.69, 9.17) is 0 Å². The van der Waals surface area contributed by atoms with E-state index < -0.39 is 0 Å². The van der Waals surface area contributed by atoms with E-state index in [1.165, 1.54) is 129 Å². The Morgan fingerprint density at radius 2 is 0.750 bits per heavy atom. The van der Waals surface area contributed by atoms with Gasteiger partial charge in [-0.3, -0.25) is 0 Å². The van der Waals surface area contributed by atoms with Crippen LogP contribution in [0.4, 0.5) is 28.4 Å². The van der Waals surface area contributed by atoms with E-state index in [-0.39, 0.29) is 10.8 Å². The lowest BCUT2D eigenvalue weighted by Crippen LogP contribution is -2.27. The third kappa shape index (κ3) is 5.52. The molecule has 0 aromatic heterocycles. The average molecular weight is 871 g/mol. The normalized spacial score (nSPS) is 16.8. The summed E-state index contributed by atoms with van der Waals surface area (Å²) in [7, 11) is 0. The van der Waals surface area contributed by atoms with Crippen molar-refractivity contribution in [2.45, 2.75) is 55.8 Å². The molecule has 4 aliphatic carbocycles. The van der Waals surface area contributed by atoms with Crippen LogP contribution in [0.1, 0.15) is 78.7 Å². The minimum Gasteiger partial charge on any atom is -0.341 e. The Labute approximate surface area is 399 Å². The van der Waals surface area contributed by atoms with Gasteiger partial charge < -0.3 is 9.80 Å². The first-order valence-electron chi connectivity index (χ1n) is 24.8. The third-order valence-corrected chi connectivity index (χ3v) is 16.9. The van der Waals surface area contributed by atoms with E-state index >= 15 is 0 Å².